The summed E-state index contributed by atoms with van der Waals surface area (Å²) in [5, 5.41) is 13.0. The van der Waals surface area contributed by atoms with Crippen LogP contribution in [0.25, 0.3) is 11.2 Å². The summed E-state index contributed by atoms with van der Waals surface area (Å²) in [6.45, 7) is 4.74. The number of fused-ring (bicyclic) bond motifs is 1. The molecule has 0 spiro atoms. The molecule has 3 heterocycles. The van der Waals surface area contributed by atoms with E-state index in [2.05, 4.69) is 26.0 Å². The van der Waals surface area contributed by atoms with E-state index in [4.69, 9.17) is 42.3 Å². The molecule has 13 nitrogen and oxygen atoms in total. The molecule has 0 aliphatic carbocycles. The van der Waals surface area contributed by atoms with Crippen molar-refractivity contribution in [3.63, 3.8) is 0 Å². The summed E-state index contributed by atoms with van der Waals surface area (Å²) >= 11 is 5.89. The van der Waals surface area contributed by atoms with Crippen LogP contribution in [-0.4, -0.2) is 61.7 Å². The molecule has 33 heavy (non-hydrogen) atoms. The predicted molar refractivity (Wildman–Crippen MR) is 117 cm³/mol. The quantitative estimate of drug-likeness (QED) is 0.205. The Balaban J connectivity index is 1.86. The number of nitrogen functional groups attached to an aromatic ring is 1. The monoisotopic (exact) mass is 502 g/mol. The zero-order chi connectivity index (χ0) is 24.6. The molecule has 2 aromatic rings. The fourth-order valence-corrected chi connectivity index (χ4v) is 4.68. The molecule has 4 N–H and O–H groups in total. The van der Waals surface area contributed by atoms with Gasteiger partial charge in [0.1, 0.15) is 23.9 Å². The highest BCUT2D eigenvalue weighted by Gasteiger charge is 2.54. The molecule has 2 aromatic heterocycles. The van der Waals surface area contributed by atoms with Crippen LogP contribution in [0.3, 0.4) is 0 Å². The smallest absolute Gasteiger partial charge is 0.409 e. The average molecular weight is 503 g/mol. The summed E-state index contributed by atoms with van der Waals surface area (Å²) in [4.78, 5) is 24.2. The zero-order valence-electron chi connectivity index (χ0n) is 18.3. The van der Waals surface area contributed by atoms with Crippen LogP contribution in [0.4, 0.5) is 5.82 Å². The molecule has 5 atom stereocenters. The molecular formula is C18H24ClN6O7P. The third-order valence-corrected chi connectivity index (χ3v) is 6.53. The molecule has 15 heteroatoms. The molecule has 1 fully saturated rings. The number of nitrogens with one attached hydrogen (secondary N) is 1. The van der Waals surface area contributed by atoms with Crippen molar-refractivity contribution < 1.29 is 33.0 Å². The number of imidazole rings is 1. The van der Waals surface area contributed by atoms with Crippen molar-refractivity contribution in [1.82, 2.24) is 24.6 Å². The van der Waals surface area contributed by atoms with Crippen molar-refractivity contribution in [3.8, 4) is 12.3 Å². The summed E-state index contributed by atoms with van der Waals surface area (Å²) in [6, 6.07) is -1.08. The molecule has 1 aliphatic rings. The predicted octanol–water partition coefficient (Wildman–Crippen LogP) is 1.37. The number of aliphatic hydroxyl groups is 1. The minimum absolute atomic E-state index is 0.0529. The number of halogens is 1. The van der Waals surface area contributed by atoms with Crippen molar-refractivity contribution in [3.05, 3.63) is 11.6 Å². The van der Waals surface area contributed by atoms with Gasteiger partial charge in [-0.2, -0.15) is 9.97 Å². The Kier molecular flexibility index (Phi) is 7.30. The standard InChI is InChI=1S/C18H24ClN6O7P/c1-6-18(32-33(28,29-5)24-10(4)16(27)30-9(2)3)11(26)7-12(31-18)25-8-21-13-14(20)22-17(19)23-15(13)25/h1,8-12,26H,7H2,2-5H3,(H,24,28)(H2,20,22,23)/t10-,11-,12+,18+,33?/m0/s1. The van der Waals surface area contributed by atoms with Gasteiger partial charge in [0, 0.05) is 13.5 Å². The molecule has 0 radical (unpaired) electrons. The lowest BCUT2D eigenvalue weighted by Crippen LogP contribution is -2.43. The van der Waals surface area contributed by atoms with Crippen molar-refractivity contribution in [2.45, 2.75) is 57.5 Å². The third kappa shape index (κ3) is 5.12. The van der Waals surface area contributed by atoms with Crippen LogP contribution in [0.2, 0.25) is 5.28 Å². The van der Waals surface area contributed by atoms with E-state index in [0.29, 0.717) is 0 Å². The Hall–Kier alpha value is -2.30. The number of carbonyl (C=O) groups is 1. The van der Waals surface area contributed by atoms with E-state index in [1.54, 1.807) is 13.8 Å². The van der Waals surface area contributed by atoms with Gasteiger partial charge in [-0.05, 0) is 38.3 Å². The number of terminal acetylenes is 1. The van der Waals surface area contributed by atoms with Gasteiger partial charge in [-0.3, -0.25) is 9.36 Å². The SMILES string of the molecule is C#C[C@]1(OP(=O)(N[C@@H](C)C(=O)OC(C)C)OC)O[C@@H](n2cnc3c(N)nc(Cl)nc32)C[C@@H]1O. The number of anilines is 1. The van der Waals surface area contributed by atoms with Crippen LogP contribution in [0.5, 0.6) is 0 Å². The summed E-state index contributed by atoms with van der Waals surface area (Å²) in [6.07, 6.45) is 4.09. The maximum absolute atomic E-state index is 13.2. The number of aliphatic hydroxyl groups excluding tert-OH is 1. The van der Waals surface area contributed by atoms with Crippen LogP contribution in [0.1, 0.15) is 33.4 Å². The minimum Gasteiger partial charge on any atom is -0.462 e. The van der Waals surface area contributed by atoms with Crippen LogP contribution in [0, 0.1) is 12.3 Å². The molecule has 3 rings (SSSR count). The Labute approximate surface area is 194 Å². The van der Waals surface area contributed by atoms with E-state index in [9.17, 15) is 14.5 Å². The lowest BCUT2D eigenvalue weighted by molar-refractivity contribution is -0.183. The Morgan fingerprint density at radius 2 is 2.21 bits per heavy atom. The Morgan fingerprint density at radius 1 is 1.52 bits per heavy atom. The van der Waals surface area contributed by atoms with Crippen molar-refractivity contribution in [2.75, 3.05) is 12.8 Å². The second-order valence-corrected chi connectivity index (χ2v) is 9.58. The number of hydrogen-bond donors (Lipinski definition) is 3. The Morgan fingerprint density at radius 3 is 2.82 bits per heavy atom. The van der Waals surface area contributed by atoms with Crippen LogP contribution in [0.15, 0.2) is 6.33 Å². The van der Waals surface area contributed by atoms with Gasteiger partial charge in [0.2, 0.25) is 5.28 Å². The molecular weight excluding hydrogens is 479 g/mol. The number of aromatic nitrogens is 4. The second-order valence-electron chi connectivity index (χ2n) is 7.45. The van der Waals surface area contributed by atoms with Crippen molar-refractivity contribution >= 4 is 42.3 Å². The number of carbonyl (C=O) groups excluding carboxylic acids is 1. The molecule has 1 aliphatic heterocycles. The number of nitrogens with two attached hydrogens (primary N) is 1. The summed E-state index contributed by atoms with van der Waals surface area (Å²) in [5.74, 6) is -0.633. The number of rotatable bonds is 8. The van der Waals surface area contributed by atoms with E-state index in [-0.39, 0.29) is 28.7 Å². The van der Waals surface area contributed by atoms with E-state index < -0.39 is 44.0 Å². The lowest BCUT2D eigenvalue weighted by atomic mass is 10.1. The van der Waals surface area contributed by atoms with Gasteiger partial charge < -0.3 is 24.8 Å². The van der Waals surface area contributed by atoms with Crippen molar-refractivity contribution in [2.24, 2.45) is 0 Å². The van der Waals surface area contributed by atoms with Crippen molar-refractivity contribution in [1.29, 1.82) is 0 Å². The van der Waals surface area contributed by atoms with Gasteiger partial charge >= 0.3 is 13.7 Å². The second kappa shape index (κ2) is 9.52. The first kappa shape index (κ1) is 25.3. The largest absolute Gasteiger partial charge is 0.462 e. The zero-order valence-corrected chi connectivity index (χ0v) is 19.9. The first-order valence-corrected chi connectivity index (χ1v) is 11.7. The average Bonchev–Trinajstić information content (AvgIpc) is 3.29. The van der Waals surface area contributed by atoms with E-state index >= 15 is 0 Å². The maximum atomic E-state index is 13.2. The van der Waals surface area contributed by atoms with Gasteiger partial charge in [-0.15, -0.1) is 6.42 Å². The van der Waals surface area contributed by atoms with E-state index in [1.807, 2.05) is 0 Å². The number of nitrogens with zero attached hydrogens (tertiary/aromatic N) is 4. The van der Waals surface area contributed by atoms with Gasteiger partial charge in [-0.25, -0.2) is 19.2 Å². The molecule has 0 bridgehead atoms. The fourth-order valence-electron chi connectivity index (χ4n) is 3.12. The highest BCUT2D eigenvalue weighted by Crippen LogP contribution is 2.52. The van der Waals surface area contributed by atoms with Crippen LogP contribution in [-0.2, 0) is 27.9 Å². The van der Waals surface area contributed by atoms with E-state index in [1.165, 1.54) is 17.8 Å². The Bertz CT molecular complexity index is 1140. The summed E-state index contributed by atoms with van der Waals surface area (Å²) in [7, 11) is -3.17. The number of hydrogen-bond acceptors (Lipinski definition) is 11. The summed E-state index contributed by atoms with van der Waals surface area (Å²) < 4.78 is 36.0. The molecule has 1 unspecified atom stereocenters. The number of ether oxygens (including phenoxy) is 2. The highest BCUT2D eigenvalue weighted by molar-refractivity contribution is 7.51. The van der Waals surface area contributed by atoms with Gasteiger partial charge in [-0.1, -0.05) is 0 Å². The number of esters is 1. The van der Waals surface area contributed by atoms with Gasteiger partial charge in [0.05, 0.1) is 12.4 Å². The summed E-state index contributed by atoms with van der Waals surface area (Å²) in [5.41, 5.74) is 6.31. The van der Waals surface area contributed by atoms with Crippen LogP contribution < -0.4 is 10.8 Å². The molecule has 180 valence electrons. The molecule has 0 saturated carbocycles. The topological polar surface area (TPSA) is 173 Å². The maximum Gasteiger partial charge on any atom is 0.409 e. The first-order chi connectivity index (χ1) is 15.4. The highest BCUT2D eigenvalue weighted by atomic mass is 35.5. The van der Waals surface area contributed by atoms with E-state index in [0.717, 1.165) is 7.11 Å². The lowest BCUT2D eigenvalue weighted by Gasteiger charge is -2.31. The first-order valence-electron chi connectivity index (χ1n) is 9.77. The fraction of sp³-hybridized carbons (Fsp3) is 0.556. The minimum atomic E-state index is -4.26. The normalized spacial score (nSPS) is 25.6. The molecule has 0 aromatic carbocycles. The molecule has 1 saturated heterocycles. The molecule has 0 amide bonds. The van der Waals surface area contributed by atoms with Crippen LogP contribution >= 0.6 is 19.3 Å². The third-order valence-electron chi connectivity index (χ3n) is 4.66. The van der Waals surface area contributed by atoms with Gasteiger partial charge in [0.25, 0.3) is 5.79 Å². The van der Waals surface area contributed by atoms with Gasteiger partial charge in [0.15, 0.2) is 11.5 Å².